The predicted molar refractivity (Wildman–Crippen MR) is 109 cm³/mol. The molecular weight excluding hydrogens is 376 g/mol. The maximum absolute atomic E-state index is 13.1. The van der Waals surface area contributed by atoms with Gasteiger partial charge in [-0.1, -0.05) is 28.6 Å². The molecule has 0 radical (unpaired) electrons. The van der Waals surface area contributed by atoms with Crippen LogP contribution in [0.3, 0.4) is 0 Å². The Morgan fingerprint density at radius 3 is 2.82 bits per heavy atom. The summed E-state index contributed by atoms with van der Waals surface area (Å²) in [6.45, 7) is 8.78. The summed E-state index contributed by atoms with van der Waals surface area (Å²) in [7, 11) is 0. The molecule has 0 saturated carbocycles. The molecule has 28 heavy (non-hydrogen) atoms. The Hall–Kier alpha value is -2.29. The number of benzene rings is 1. The third kappa shape index (κ3) is 4.09. The zero-order valence-electron chi connectivity index (χ0n) is 16.2. The van der Waals surface area contributed by atoms with Crippen LogP contribution in [-0.2, 0) is 4.74 Å². The van der Waals surface area contributed by atoms with Gasteiger partial charge < -0.3 is 9.26 Å². The zero-order chi connectivity index (χ0) is 19.5. The maximum Gasteiger partial charge on any atom is 0.298 e. The second-order valence-electron chi connectivity index (χ2n) is 7.01. The number of ether oxygens (including phenoxy) is 1. The van der Waals surface area contributed by atoms with Crippen LogP contribution in [0.2, 0.25) is 0 Å². The number of rotatable bonds is 6. The standard InChI is InChI=1S/C20H24N4O3S/c1-14-5-3-6-17-18(14)21-20(28-17)24(19(25)16-13-15(2)22-27-16)8-4-7-23-9-11-26-12-10-23/h3,5-6,13H,4,7-12H2,1-2H3. The monoisotopic (exact) mass is 400 g/mol. The van der Waals surface area contributed by atoms with Crippen LogP contribution >= 0.6 is 11.3 Å². The van der Waals surface area contributed by atoms with E-state index in [1.54, 1.807) is 11.0 Å². The number of aryl methyl sites for hydroxylation is 2. The average molecular weight is 401 g/mol. The van der Waals surface area contributed by atoms with Gasteiger partial charge in [0.1, 0.15) is 0 Å². The fourth-order valence-corrected chi connectivity index (χ4v) is 4.42. The van der Waals surface area contributed by atoms with Gasteiger partial charge in [-0.2, -0.15) is 0 Å². The molecule has 1 amide bonds. The van der Waals surface area contributed by atoms with E-state index < -0.39 is 0 Å². The molecule has 8 heteroatoms. The summed E-state index contributed by atoms with van der Waals surface area (Å²) < 4.78 is 11.7. The van der Waals surface area contributed by atoms with Crippen molar-refractivity contribution >= 4 is 32.6 Å². The number of amides is 1. The number of hydrogen-bond donors (Lipinski definition) is 0. The molecule has 0 unspecified atom stereocenters. The Balaban J connectivity index is 1.56. The van der Waals surface area contributed by atoms with Crippen molar-refractivity contribution in [2.75, 3.05) is 44.3 Å². The van der Waals surface area contributed by atoms with E-state index in [2.05, 4.69) is 10.1 Å². The number of hydrogen-bond acceptors (Lipinski definition) is 7. The summed E-state index contributed by atoms with van der Waals surface area (Å²) in [4.78, 5) is 22.0. The molecule has 4 rings (SSSR count). The van der Waals surface area contributed by atoms with Crippen molar-refractivity contribution in [3.8, 4) is 0 Å². The smallest absolute Gasteiger partial charge is 0.298 e. The van der Waals surface area contributed by atoms with Crippen molar-refractivity contribution in [3.05, 3.63) is 41.3 Å². The van der Waals surface area contributed by atoms with E-state index in [4.69, 9.17) is 14.2 Å². The minimum atomic E-state index is -0.195. The number of para-hydroxylation sites is 1. The second kappa shape index (κ2) is 8.38. The van der Waals surface area contributed by atoms with Crippen molar-refractivity contribution in [1.82, 2.24) is 15.0 Å². The molecule has 3 aromatic rings. The van der Waals surface area contributed by atoms with Crippen molar-refractivity contribution in [1.29, 1.82) is 0 Å². The Labute approximate surface area is 167 Å². The van der Waals surface area contributed by atoms with E-state index in [0.717, 1.165) is 55.0 Å². The molecule has 1 aliphatic rings. The Bertz CT molecular complexity index is 961. The quantitative estimate of drug-likeness (QED) is 0.632. The van der Waals surface area contributed by atoms with Gasteiger partial charge in [0.2, 0.25) is 5.76 Å². The fraction of sp³-hybridized carbons (Fsp3) is 0.450. The van der Waals surface area contributed by atoms with Crippen LogP contribution in [0.15, 0.2) is 28.8 Å². The van der Waals surface area contributed by atoms with E-state index in [-0.39, 0.29) is 11.7 Å². The zero-order valence-corrected chi connectivity index (χ0v) is 17.0. The van der Waals surface area contributed by atoms with Crippen LogP contribution < -0.4 is 4.90 Å². The molecule has 3 heterocycles. The average Bonchev–Trinajstić information content (AvgIpc) is 3.33. The molecule has 148 valence electrons. The minimum absolute atomic E-state index is 0.195. The number of thiazole rings is 1. The van der Waals surface area contributed by atoms with Crippen LogP contribution in [0.4, 0.5) is 5.13 Å². The first-order chi connectivity index (χ1) is 13.6. The summed E-state index contributed by atoms with van der Waals surface area (Å²) in [5.74, 6) is 0.0548. The van der Waals surface area contributed by atoms with Gasteiger partial charge in [-0.15, -0.1) is 0 Å². The summed E-state index contributed by atoms with van der Waals surface area (Å²) in [5, 5.41) is 4.56. The highest BCUT2D eigenvalue weighted by atomic mass is 32.1. The minimum Gasteiger partial charge on any atom is -0.379 e. The first-order valence-corrected chi connectivity index (χ1v) is 10.3. The van der Waals surface area contributed by atoms with Gasteiger partial charge >= 0.3 is 0 Å². The van der Waals surface area contributed by atoms with Crippen molar-refractivity contribution in [2.45, 2.75) is 20.3 Å². The molecule has 0 spiro atoms. The van der Waals surface area contributed by atoms with E-state index in [1.165, 1.54) is 11.3 Å². The Morgan fingerprint density at radius 1 is 1.29 bits per heavy atom. The number of carbonyl (C=O) groups is 1. The molecule has 1 aliphatic heterocycles. The highest BCUT2D eigenvalue weighted by Gasteiger charge is 2.25. The van der Waals surface area contributed by atoms with E-state index in [1.807, 2.05) is 32.0 Å². The van der Waals surface area contributed by atoms with Gasteiger partial charge in [-0.3, -0.25) is 14.6 Å². The van der Waals surface area contributed by atoms with Gasteiger partial charge in [0, 0.05) is 32.2 Å². The third-order valence-corrected chi connectivity index (χ3v) is 5.93. The predicted octanol–water partition coefficient (Wildman–Crippen LogP) is 3.27. The second-order valence-corrected chi connectivity index (χ2v) is 8.02. The molecule has 0 bridgehead atoms. The third-order valence-electron chi connectivity index (χ3n) is 4.88. The summed E-state index contributed by atoms with van der Waals surface area (Å²) in [6.07, 6.45) is 0.855. The van der Waals surface area contributed by atoms with Crippen LogP contribution in [0, 0.1) is 13.8 Å². The Kier molecular flexibility index (Phi) is 5.70. The molecule has 7 nitrogen and oxygen atoms in total. The molecule has 1 aromatic carbocycles. The summed E-state index contributed by atoms with van der Waals surface area (Å²) in [6, 6.07) is 7.77. The van der Waals surface area contributed by atoms with E-state index >= 15 is 0 Å². The van der Waals surface area contributed by atoms with Crippen molar-refractivity contribution in [2.24, 2.45) is 0 Å². The largest absolute Gasteiger partial charge is 0.379 e. The maximum atomic E-state index is 13.1. The van der Waals surface area contributed by atoms with E-state index in [0.29, 0.717) is 17.4 Å². The number of anilines is 1. The highest BCUT2D eigenvalue weighted by Crippen LogP contribution is 2.31. The first-order valence-electron chi connectivity index (χ1n) is 9.53. The summed E-state index contributed by atoms with van der Waals surface area (Å²) in [5.41, 5.74) is 2.75. The fourth-order valence-electron chi connectivity index (χ4n) is 3.35. The van der Waals surface area contributed by atoms with E-state index in [9.17, 15) is 4.79 Å². The number of aromatic nitrogens is 2. The molecule has 1 fully saturated rings. The lowest BCUT2D eigenvalue weighted by molar-refractivity contribution is 0.0376. The molecule has 1 saturated heterocycles. The number of fused-ring (bicyclic) bond motifs is 1. The van der Waals surface area contributed by atoms with Crippen molar-refractivity contribution in [3.63, 3.8) is 0 Å². The Morgan fingerprint density at radius 2 is 2.11 bits per heavy atom. The normalized spacial score (nSPS) is 15.2. The molecule has 2 aromatic heterocycles. The van der Waals surface area contributed by atoms with Crippen LogP contribution in [0.5, 0.6) is 0 Å². The number of morpholine rings is 1. The highest BCUT2D eigenvalue weighted by molar-refractivity contribution is 7.22. The molecule has 0 aliphatic carbocycles. The van der Waals surface area contributed by atoms with Gasteiger partial charge in [0.25, 0.3) is 5.91 Å². The number of nitrogens with zero attached hydrogens (tertiary/aromatic N) is 4. The molecule has 0 atom stereocenters. The first kappa shape index (κ1) is 19.0. The summed E-state index contributed by atoms with van der Waals surface area (Å²) >= 11 is 1.53. The molecular formula is C20H24N4O3S. The van der Waals surface area contributed by atoms with Gasteiger partial charge in [-0.25, -0.2) is 4.98 Å². The topological polar surface area (TPSA) is 71.7 Å². The van der Waals surface area contributed by atoms with Crippen molar-refractivity contribution < 1.29 is 14.1 Å². The van der Waals surface area contributed by atoms with Crippen LogP contribution in [0.25, 0.3) is 10.2 Å². The SMILES string of the molecule is Cc1cc(C(=O)N(CCCN2CCOCC2)c2nc3c(C)cccc3s2)on1. The van der Waals surface area contributed by atoms with Crippen LogP contribution in [-0.4, -0.2) is 60.3 Å². The molecule has 0 N–H and O–H groups in total. The lowest BCUT2D eigenvalue weighted by Crippen LogP contribution is -2.39. The van der Waals surface area contributed by atoms with Gasteiger partial charge in [-0.05, 0) is 31.9 Å². The lowest BCUT2D eigenvalue weighted by atomic mass is 10.2. The lowest BCUT2D eigenvalue weighted by Gasteiger charge is -2.27. The van der Waals surface area contributed by atoms with Crippen LogP contribution in [0.1, 0.15) is 28.2 Å². The number of carbonyl (C=O) groups excluding carboxylic acids is 1. The van der Waals surface area contributed by atoms with Gasteiger partial charge in [0.15, 0.2) is 5.13 Å². The van der Waals surface area contributed by atoms with Gasteiger partial charge in [0.05, 0.1) is 29.1 Å².